The molecule has 0 bridgehead atoms. The summed E-state index contributed by atoms with van der Waals surface area (Å²) in [7, 11) is 0. The van der Waals surface area contributed by atoms with Crippen molar-refractivity contribution < 1.29 is 4.42 Å². The molecule has 6 nitrogen and oxygen atoms in total. The van der Waals surface area contributed by atoms with Gasteiger partial charge in [0.05, 0.1) is 15.5 Å². The molecule has 21 heavy (non-hydrogen) atoms. The summed E-state index contributed by atoms with van der Waals surface area (Å²) in [5.74, 6) is -0.0711. The predicted octanol–water partition coefficient (Wildman–Crippen LogP) is 2.90. The lowest BCUT2D eigenvalue weighted by molar-refractivity contribution is 0.643. The first kappa shape index (κ1) is 13.9. The van der Waals surface area contributed by atoms with Crippen LogP contribution in [0, 0.1) is 11.3 Å². The Morgan fingerprint density at radius 1 is 1.29 bits per heavy atom. The van der Waals surface area contributed by atoms with Gasteiger partial charge in [0.15, 0.2) is 5.58 Å². The fourth-order valence-corrected chi connectivity index (χ4v) is 3.38. The average molecular weight is 410 g/mol. The third-order valence-corrected chi connectivity index (χ3v) is 4.07. The van der Waals surface area contributed by atoms with E-state index in [0.717, 1.165) is 0 Å². The van der Waals surface area contributed by atoms with Crippen LogP contribution in [0.3, 0.4) is 0 Å². The standard InChI is InChI=1S/C13H6Br2N4O2/c14-4-1-5-10(20)8-9(17)6(3-16)12(18)19-13(8)21-11(5)7(15)2-4/h1-2H,(H4,17,18,19). The molecule has 3 rings (SSSR count). The number of aromatic nitrogens is 1. The topological polar surface area (TPSA) is 119 Å². The van der Waals surface area contributed by atoms with Gasteiger partial charge in [0.2, 0.25) is 11.1 Å². The molecule has 1 aromatic carbocycles. The summed E-state index contributed by atoms with van der Waals surface area (Å²) >= 11 is 6.64. The van der Waals surface area contributed by atoms with E-state index < -0.39 is 0 Å². The van der Waals surface area contributed by atoms with Crippen LogP contribution in [0.25, 0.3) is 22.1 Å². The van der Waals surface area contributed by atoms with E-state index in [1.54, 1.807) is 12.1 Å². The van der Waals surface area contributed by atoms with Crippen LogP contribution in [-0.4, -0.2) is 4.98 Å². The minimum Gasteiger partial charge on any atom is -0.436 e. The van der Waals surface area contributed by atoms with Gasteiger partial charge >= 0.3 is 0 Å². The molecule has 0 radical (unpaired) electrons. The minimum absolute atomic E-state index is 0.00419. The van der Waals surface area contributed by atoms with Crippen molar-refractivity contribution in [2.45, 2.75) is 0 Å². The van der Waals surface area contributed by atoms with E-state index in [-0.39, 0.29) is 33.6 Å². The molecule has 4 N–H and O–H groups in total. The quantitative estimate of drug-likeness (QED) is 0.551. The Hall–Kier alpha value is -2.11. The van der Waals surface area contributed by atoms with Crippen LogP contribution < -0.4 is 16.9 Å². The van der Waals surface area contributed by atoms with Crippen LogP contribution in [0.1, 0.15) is 5.56 Å². The maximum absolute atomic E-state index is 12.6. The number of nitrogens with two attached hydrogens (primary N) is 2. The second kappa shape index (κ2) is 4.72. The number of rotatable bonds is 0. The second-order valence-electron chi connectivity index (χ2n) is 4.27. The van der Waals surface area contributed by atoms with Gasteiger partial charge in [-0.15, -0.1) is 0 Å². The zero-order valence-corrected chi connectivity index (χ0v) is 13.4. The monoisotopic (exact) mass is 408 g/mol. The van der Waals surface area contributed by atoms with Gasteiger partial charge in [-0.1, -0.05) is 15.9 Å². The Labute approximate surface area is 134 Å². The van der Waals surface area contributed by atoms with Crippen molar-refractivity contribution in [3.8, 4) is 6.07 Å². The summed E-state index contributed by atoms with van der Waals surface area (Å²) in [5, 5.41) is 9.43. The zero-order valence-electron chi connectivity index (χ0n) is 10.3. The Balaban J connectivity index is 2.65. The molecule has 2 aromatic heterocycles. The van der Waals surface area contributed by atoms with Crippen molar-refractivity contribution in [1.29, 1.82) is 5.26 Å². The van der Waals surface area contributed by atoms with Gasteiger partial charge in [0, 0.05) is 4.47 Å². The number of nitriles is 1. The van der Waals surface area contributed by atoms with Gasteiger partial charge in [-0.2, -0.15) is 10.2 Å². The van der Waals surface area contributed by atoms with Gasteiger partial charge in [-0.05, 0) is 28.1 Å². The van der Waals surface area contributed by atoms with Crippen LogP contribution in [0.15, 0.2) is 30.3 Å². The number of halogens is 2. The maximum atomic E-state index is 12.6. The first-order chi connectivity index (χ1) is 9.93. The number of benzene rings is 1. The highest BCUT2D eigenvalue weighted by Crippen LogP contribution is 2.31. The summed E-state index contributed by atoms with van der Waals surface area (Å²) in [6, 6.07) is 5.20. The number of pyridine rings is 1. The SMILES string of the molecule is N#Cc1c(N)nc2oc3c(Br)cc(Br)cc3c(=O)c2c1N. The van der Waals surface area contributed by atoms with Gasteiger partial charge in [-0.3, -0.25) is 4.79 Å². The van der Waals surface area contributed by atoms with Crippen molar-refractivity contribution in [3.63, 3.8) is 0 Å². The third kappa shape index (κ3) is 1.97. The fourth-order valence-electron chi connectivity index (χ4n) is 2.07. The lowest BCUT2D eigenvalue weighted by Crippen LogP contribution is -2.10. The molecule has 0 aliphatic rings. The van der Waals surface area contributed by atoms with Crippen LogP contribution in [0.4, 0.5) is 11.5 Å². The number of fused-ring (bicyclic) bond motifs is 2. The number of hydrogen-bond acceptors (Lipinski definition) is 6. The smallest absolute Gasteiger partial charge is 0.234 e. The van der Waals surface area contributed by atoms with Gasteiger partial charge in [0.1, 0.15) is 22.8 Å². The average Bonchev–Trinajstić information content (AvgIpc) is 2.40. The van der Waals surface area contributed by atoms with Crippen LogP contribution >= 0.6 is 31.9 Å². The number of hydrogen-bond donors (Lipinski definition) is 2. The van der Waals surface area contributed by atoms with E-state index in [9.17, 15) is 4.79 Å². The van der Waals surface area contributed by atoms with E-state index in [2.05, 4.69) is 36.8 Å². The van der Waals surface area contributed by atoms with E-state index in [1.807, 2.05) is 6.07 Å². The first-order valence-electron chi connectivity index (χ1n) is 5.64. The fraction of sp³-hybridized carbons (Fsp3) is 0. The Morgan fingerprint density at radius 3 is 2.67 bits per heavy atom. The van der Waals surface area contributed by atoms with E-state index in [0.29, 0.717) is 19.9 Å². The summed E-state index contributed by atoms with van der Waals surface area (Å²) < 4.78 is 6.92. The van der Waals surface area contributed by atoms with Crippen LogP contribution in [0.2, 0.25) is 0 Å². The van der Waals surface area contributed by atoms with Crippen LogP contribution in [-0.2, 0) is 0 Å². The summed E-state index contributed by atoms with van der Waals surface area (Å²) in [4.78, 5) is 16.6. The molecule has 0 saturated heterocycles. The third-order valence-electron chi connectivity index (χ3n) is 3.02. The van der Waals surface area contributed by atoms with Crippen molar-refractivity contribution >= 4 is 65.4 Å². The van der Waals surface area contributed by atoms with E-state index in [4.69, 9.17) is 21.1 Å². The zero-order chi connectivity index (χ0) is 15.3. The Bertz CT molecular complexity index is 1020. The summed E-state index contributed by atoms with van der Waals surface area (Å²) in [5.41, 5.74) is 11.5. The number of nitrogen functional groups attached to an aromatic ring is 2. The predicted molar refractivity (Wildman–Crippen MR) is 86.7 cm³/mol. The maximum Gasteiger partial charge on any atom is 0.234 e. The number of anilines is 2. The molecule has 0 saturated carbocycles. The van der Waals surface area contributed by atoms with Gasteiger partial charge < -0.3 is 15.9 Å². The molecule has 0 spiro atoms. The highest BCUT2D eigenvalue weighted by molar-refractivity contribution is 9.11. The first-order valence-corrected chi connectivity index (χ1v) is 7.23. The van der Waals surface area contributed by atoms with Gasteiger partial charge in [0.25, 0.3) is 0 Å². The Kier molecular flexibility index (Phi) is 3.11. The molecule has 0 fully saturated rings. The molecule has 0 atom stereocenters. The minimum atomic E-state index is -0.366. The molecular formula is C13H6Br2N4O2. The normalized spacial score (nSPS) is 10.9. The second-order valence-corrected chi connectivity index (χ2v) is 6.04. The molecular weight excluding hydrogens is 404 g/mol. The van der Waals surface area contributed by atoms with E-state index >= 15 is 0 Å². The molecule has 0 unspecified atom stereocenters. The van der Waals surface area contributed by atoms with Crippen molar-refractivity contribution in [3.05, 3.63) is 36.9 Å². The molecule has 2 heterocycles. The highest BCUT2D eigenvalue weighted by Gasteiger charge is 2.18. The summed E-state index contributed by atoms with van der Waals surface area (Å²) in [6.45, 7) is 0. The van der Waals surface area contributed by atoms with Gasteiger partial charge in [-0.25, -0.2) is 0 Å². The van der Waals surface area contributed by atoms with Crippen molar-refractivity contribution in [1.82, 2.24) is 4.98 Å². The highest BCUT2D eigenvalue weighted by atomic mass is 79.9. The molecule has 0 aliphatic heterocycles. The number of nitrogens with zero attached hydrogens (tertiary/aromatic N) is 2. The van der Waals surface area contributed by atoms with Crippen molar-refractivity contribution in [2.75, 3.05) is 11.5 Å². The molecule has 3 aromatic rings. The molecule has 0 amide bonds. The van der Waals surface area contributed by atoms with Crippen LogP contribution in [0.5, 0.6) is 0 Å². The summed E-state index contributed by atoms with van der Waals surface area (Å²) in [6.07, 6.45) is 0. The molecule has 104 valence electrons. The molecule has 0 aliphatic carbocycles. The Morgan fingerprint density at radius 2 is 2.00 bits per heavy atom. The lowest BCUT2D eigenvalue weighted by atomic mass is 10.1. The van der Waals surface area contributed by atoms with Crippen molar-refractivity contribution in [2.24, 2.45) is 0 Å². The largest absolute Gasteiger partial charge is 0.436 e. The molecule has 8 heteroatoms. The van der Waals surface area contributed by atoms with E-state index in [1.165, 1.54) is 0 Å². The lowest BCUT2D eigenvalue weighted by Gasteiger charge is -2.07.